The van der Waals surface area contributed by atoms with Crippen molar-refractivity contribution in [3.05, 3.63) is 35.1 Å². The van der Waals surface area contributed by atoms with Crippen LogP contribution in [0.5, 0.6) is 0 Å². The van der Waals surface area contributed by atoms with E-state index in [9.17, 15) is 14.0 Å². The average Bonchev–Trinajstić information content (AvgIpc) is 3.29. The number of hydrogen-bond donors (Lipinski definition) is 2. The molecule has 1 aromatic carbocycles. The highest BCUT2D eigenvalue weighted by Gasteiger charge is 2.29. The molecule has 2 N–H and O–H groups in total. The van der Waals surface area contributed by atoms with Crippen molar-refractivity contribution in [1.29, 1.82) is 0 Å². The first-order valence-corrected chi connectivity index (χ1v) is 8.63. The van der Waals surface area contributed by atoms with Crippen molar-refractivity contribution in [2.75, 3.05) is 26.2 Å². The maximum atomic E-state index is 14.6. The molecule has 1 fully saturated rings. The van der Waals surface area contributed by atoms with E-state index in [2.05, 4.69) is 10.5 Å². The van der Waals surface area contributed by atoms with Crippen LogP contribution in [0, 0.1) is 5.82 Å². The van der Waals surface area contributed by atoms with Crippen LogP contribution in [0.3, 0.4) is 0 Å². The van der Waals surface area contributed by atoms with E-state index in [1.807, 2.05) is 0 Å². The molecule has 1 saturated heterocycles. The van der Waals surface area contributed by atoms with E-state index in [1.165, 1.54) is 13.0 Å². The third kappa shape index (κ3) is 4.01. The van der Waals surface area contributed by atoms with Gasteiger partial charge in [0.15, 0.2) is 0 Å². The maximum Gasteiger partial charge on any atom is 0.248 e. The fourth-order valence-electron chi connectivity index (χ4n) is 3.34. The van der Waals surface area contributed by atoms with Crippen LogP contribution in [0.2, 0.25) is 0 Å². The molecular formula is C18H22FN3O4. The van der Waals surface area contributed by atoms with Crippen LogP contribution in [-0.4, -0.2) is 59.9 Å². The number of likely N-dealkylation sites (tertiary alicyclic amines) is 1. The van der Waals surface area contributed by atoms with E-state index in [1.54, 1.807) is 17.0 Å². The van der Waals surface area contributed by atoms with Crippen molar-refractivity contribution in [2.24, 2.45) is 5.16 Å². The van der Waals surface area contributed by atoms with Crippen LogP contribution < -0.4 is 5.32 Å². The minimum absolute atomic E-state index is 0.0752. The standard InChI is InChI=1S/C18H22FN3O4/c1-11(24)20-8-14-7-17(21-26-14)12-2-3-15(16(19)6-12)13-4-5-22(9-13)18(25)10-23/h2-3,6,13-14,23H,4-5,7-10H2,1H3,(H,20,24). The van der Waals surface area contributed by atoms with Crippen LogP contribution in [0.25, 0.3) is 0 Å². The molecule has 0 aliphatic carbocycles. The van der Waals surface area contributed by atoms with E-state index in [-0.39, 0.29) is 29.7 Å². The van der Waals surface area contributed by atoms with Gasteiger partial charge in [0.2, 0.25) is 11.8 Å². The van der Waals surface area contributed by atoms with Crippen molar-refractivity contribution in [3.8, 4) is 0 Å². The van der Waals surface area contributed by atoms with Gasteiger partial charge in [0.1, 0.15) is 18.5 Å². The smallest absolute Gasteiger partial charge is 0.248 e. The topological polar surface area (TPSA) is 91.2 Å². The zero-order valence-electron chi connectivity index (χ0n) is 14.6. The number of carbonyl (C=O) groups is 2. The molecular weight excluding hydrogens is 341 g/mol. The van der Waals surface area contributed by atoms with Gasteiger partial charge in [-0.05, 0) is 18.1 Å². The van der Waals surface area contributed by atoms with Gasteiger partial charge in [0.25, 0.3) is 0 Å². The number of amides is 2. The molecule has 1 aromatic rings. The molecule has 0 spiro atoms. The van der Waals surface area contributed by atoms with E-state index < -0.39 is 6.61 Å². The van der Waals surface area contributed by atoms with E-state index >= 15 is 0 Å². The summed E-state index contributed by atoms with van der Waals surface area (Å²) in [5, 5.41) is 15.6. The number of hydrogen-bond acceptors (Lipinski definition) is 5. The Balaban J connectivity index is 1.64. The first kappa shape index (κ1) is 18.3. The molecule has 2 aliphatic rings. The van der Waals surface area contributed by atoms with Crippen LogP contribution in [0.1, 0.15) is 36.8 Å². The third-order valence-corrected chi connectivity index (χ3v) is 4.76. The number of benzene rings is 1. The summed E-state index contributed by atoms with van der Waals surface area (Å²) < 4.78 is 14.6. The maximum absolute atomic E-state index is 14.6. The molecule has 0 radical (unpaired) electrons. The van der Waals surface area contributed by atoms with E-state index in [4.69, 9.17) is 9.94 Å². The van der Waals surface area contributed by atoms with Crippen LogP contribution >= 0.6 is 0 Å². The molecule has 2 aliphatic heterocycles. The highest BCUT2D eigenvalue weighted by atomic mass is 19.1. The minimum atomic E-state index is -0.520. The summed E-state index contributed by atoms with van der Waals surface area (Å²) >= 11 is 0. The minimum Gasteiger partial charge on any atom is -0.390 e. The Bertz CT molecular complexity index is 737. The molecule has 2 atom stereocenters. The van der Waals surface area contributed by atoms with Gasteiger partial charge in [-0.25, -0.2) is 4.39 Å². The van der Waals surface area contributed by atoms with Crippen LogP contribution in [0.15, 0.2) is 23.4 Å². The molecule has 0 bridgehead atoms. The van der Waals surface area contributed by atoms with Gasteiger partial charge in [-0.1, -0.05) is 17.3 Å². The highest BCUT2D eigenvalue weighted by Crippen LogP contribution is 2.30. The Kier molecular flexibility index (Phi) is 5.51. The predicted octanol–water partition coefficient (Wildman–Crippen LogP) is 0.763. The number of carbonyl (C=O) groups excluding carboxylic acids is 2. The van der Waals surface area contributed by atoms with Crippen molar-refractivity contribution in [3.63, 3.8) is 0 Å². The molecule has 2 heterocycles. The van der Waals surface area contributed by atoms with Gasteiger partial charge >= 0.3 is 0 Å². The summed E-state index contributed by atoms with van der Waals surface area (Å²) in [6.45, 7) is 2.21. The van der Waals surface area contributed by atoms with Crippen molar-refractivity contribution in [2.45, 2.75) is 31.8 Å². The molecule has 2 amide bonds. The number of oxime groups is 1. The van der Waals surface area contributed by atoms with Crippen molar-refractivity contribution < 1.29 is 23.9 Å². The van der Waals surface area contributed by atoms with Crippen molar-refractivity contribution in [1.82, 2.24) is 10.2 Å². The summed E-state index contributed by atoms with van der Waals surface area (Å²) in [7, 11) is 0. The monoisotopic (exact) mass is 363 g/mol. The Morgan fingerprint density at radius 3 is 2.96 bits per heavy atom. The molecule has 2 unspecified atom stereocenters. The molecule has 7 nitrogen and oxygen atoms in total. The largest absolute Gasteiger partial charge is 0.390 e. The molecule has 0 saturated carbocycles. The number of halogens is 1. The normalized spacial score (nSPS) is 22.1. The Hall–Kier alpha value is -2.48. The first-order valence-electron chi connectivity index (χ1n) is 8.63. The lowest BCUT2D eigenvalue weighted by Gasteiger charge is -2.16. The first-order chi connectivity index (χ1) is 12.5. The Labute approximate surface area is 150 Å². The Morgan fingerprint density at radius 2 is 2.27 bits per heavy atom. The fraction of sp³-hybridized carbons (Fsp3) is 0.500. The molecule has 26 heavy (non-hydrogen) atoms. The van der Waals surface area contributed by atoms with Crippen molar-refractivity contribution >= 4 is 17.5 Å². The summed E-state index contributed by atoms with van der Waals surface area (Å²) in [6.07, 6.45) is 0.927. The molecule has 8 heteroatoms. The third-order valence-electron chi connectivity index (χ3n) is 4.76. The SMILES string of the molecule is CC(=O)NCC1CC(c2ccc(C3CCN(C(=O)CO)C3)c(F)c2)=NO1. The van der Waals surface area contributed by atoms with E-state index in [0.717, 1.165) is 0 Å². The summed E-state index contributed by atoms with van der Waals surface area (Å²) in [5.41, 5.74) is 1.86. The summed E-state index contributed by atoms with van der Waals surface area (Å²) in [5.74, 6) is -0.873. The quantitative estimate of drug-likeness (QED) is 0.808. The second kappa shape index (κ2) is 7.82. The second-order valence-electron chi connectivity index (χ2n) is 6.63. The number of nitrogens with one attached hydrogen (secondary N) is 1. The fourth-order valence-corrected chi connectivity index (χ4v) is 3.34. The number of rotatable bonds is 5. The van der Waals surface area contributed by atoms with Gasteiger partial charge in [-0.15, -0.1) is 0 Å². The number of nitrogens with zero attached hydrogens (tertiary/aromatic N) is 2. The van der Waals surface area contributed by atoms with Crippen LogP contribution in [0.4, 0.5) is 4.39 Å². The predicted molar refractivity (Wildman–Crippen MR) is 92.1 cm³/mol. The zero-order valence-corrected chi connectivity index (χ0v) is 14.6. The van der Waals surface area contributed by atoms with Gasteiger partial charge in [-0.3, -0.25) is 9.59 Å². The van der Waals surface area contributed by atoms with Gasteiger partial charge in [0.05, 0.1) is 12.3 Å². The zero-order chi connectivity index (χ0) is 18.7. The average molecular weight is 363 g/mol. The van der Waals surface area contributed by atoms with E-state index in [0.29, 0.717) is 49.3 Å². The molecule has 3 rings (SSSR count). The number of aliphatic hydroxyl groups excluding tert-OH is 1. The lowest BCUT2D eigenvalue weighted by Crippen LogP contribution is -2.30. The summed E-state index contributed by atoms with van der Waals surface area (Å²) in [6, 6.07) is 4.97. The lowest BCUT2D eigenvalue weighted by atomic mass is 9.95. The second-order valence-corrected chi connectivity index (χ2v) is 6.63. The molecule has 140 valence electrons. The number of aliphatic hydroxyl groups is 1. The van der Waals surface area contributed by atoms with Gasteiger partial charge in [-0.2, -0.15) is 0 Å². The molecule has 0 aromatic heterocycles. The van der Waals surface area contributed by atoms with Gasteiger partial charge < -0.3 is 20.2 Å². The van der Waals surface area contributed by atoms with Crippen LogP contribution in [-0.2, 0) is 14.4 Å². The Morgan fingerprint density at radius 1 is 1.46 bits per heavy atom. The highest BCUT2D eigenvalue weighted by molar-refractivity contribution is 6.01. The lowest BCUT2D eigenvalue weighted by molar-refractivity contribution is -0.133. The van der Waals surface area contributed by atoms with Gasteiger partial charge in [0, 0.05) is 37.9 Å². The summed E-state index contributed by atoms with van der Waals surface area (Å²) in [4.78, 5) is 29.3.